The van der Waals surface area contributed by atoms with Crippen LogP contribution in [0.25, 0.3) is 6.08 Å². The van der Waals surface area contributed by atoms with Crippen LogP contribution in [0.3, 0.4) is 0 Å². The van der Waals surface area contributed by atoms with Gasteiger partial charge < -0.3 is 28.8 Å². The molecular weight excluding hydrogens is 484 g/mol. The van der Waals surface area contributed by atoms with E-state index in [1.807, 2.05) is 0 Å². The van der Waals surface area contributed by atoms with Crippen molar-refractivity contribution >= 4 is 30.0 Å². The Labute approximate surface area is 213 Å². The number of hydrogen-bond acceptors (Lipinski definition) is 10. The number of esters is 4. The number of carbonyl (C=O) groups excluding carboxylic acids is 4. The number of carbonyl (C=O) groups is 4. The van der Waals surface area contributed by atoms with E-state index >= 15 is 0 Å². The van der Waals surface area contributed by atoms with Gasteiger partial charge in [0.1, 0.15) is 30.5 Å². The Bertz CT molecular complexity index is 1160. The van der Waals surface area contributed by atoms with E-state index in [4.69, 9.17) is 24.1 Å². The summed E-state index contributed by atoms with van der Waals surface area (Å²) < 4.78 is 25.1. The monoisotopic (exact) mass is 510 g/mol. The lowest BCUT2D eigenvalue weighted by Crippen LogP contribution is -2.14. The molecule has 0 aliphatic rings. The van der Waals surface area contributed by atoms with E-state index in [0.29, 0.717) is 11.3 Å². The lowest BCUT2D eigenvalue weighted by Gasteiger charge is -2.08. The van der Waals surface area contributed by atoms with Gasteiger partial charge in [0, 0.05) is 11.6 Å². The predicted molar refractivity (Wildman–Crippen MR) is 132 cm³/mol. The standard InChI is InChI=1S/C27H26O10/c1-18(16-25(30)33-3)27(32)37-23-11-9-22(10-12-23)36-24(29)13-6-20-4-7-21(8-5-20)34-14-15-35-26(31)19(2)17-28/h4-13,28H,1-2,14-17H2,3H3/b13-6+. The van der Waals surface area contributed by atoms with Crippen molar-refractivity contribution < 1.29 is 48.0 Å². The molecule has 37 heavy (non-hydrogen) atoms. The smallest absolute Gasteiger partial charge is 0.339 e. The summed E-state index contributed by atoms with van der Waals surface area (Å²) in [4.78, 5) is 46.6. The van der Waals surface area contributed by atoms with E-state index in [-0.39, 0.29) is 42.3 Å². The van der Waals surface area contributed by atoms with Crippen LogP contribution in [0, 0.1) is 0 Å². The molecule has 10 nitrogen and oxygen atoms in total. The molecule has 194 valence electrons. The first-order chi connectivity index (χ1) is 17.7. The van der Waals surface area contributed by atoms with Gasteiger partial charge in [-0.2, -0.15) is 0 Å². The fourth-order valence-corrected chi connectivity index (χ4v) is 2.52. The van der Waals surface area contributed by atoms with Crippen molar-refractivity contribution in [2.45, 2.75) is 6.42 Å². The minimum atomic E-state index is -0.776. The first-order valence-electron chi connectivity index (χ1n) is 10.9. The average molecular weight is 510 g/mol. The maximum Gasteiger partial charge on any atom is 0.339 e. The molecule has 1 N–H and O–H groups in total. The van der Waals surface area contributed by atoms with E-state index in [1.165, 1.54) is 37.5 Å². The first kappa shape index (κ1) is 28.5. The Morgan fingerprint density at radius 1 is 0.811 bits per heavy atom. The molecule has 0 atom stereocenters. The molecule has 2 rings (SSSR count). The normalized spacial score (nSPS) is 10.3. The van der Waals surface area contributed by atoms with Crippen LogP contribution in [0.15, 0.2) is 78.9 Å². The molecule has 0 radical (unpaired) electrons. The molecule has 2 aromatic carbocycles. The molecule has 0 spiro atoms. The molecule has 0 heterocycles. The van der Waals surface area contributed by atoms with Gasteiger partial charge in [0.25, 0.3) is 0 Å². The number of ether oxygens (including phenoxy) is 5. The Balaban J connectivity index is 1.78. The summed E-state index contributed by atoms with van der Waals surface area (Å²) in [6.07, 6.45) is 2.51. The minimum Gasteiger partial charge on any atom is -0.490 e. The topological polar surface area (TPSA) is 135 Å². The van der Waals surface area contributed by atoms with Crippen molar-refractivity contribution in [1.29, 1.82) is 0 Å². The molecule has 0 aromatic heterocycles. The van der Waals surface area contributed by atoms with Gasteiger partial charge in [-0.05, 0) is 48.0 Å². The Morgan fingerprint density at radius 2 is 1.41 bits per heavy atom. The van der Waals surface area contributed by atoms with Gasteiger partial charge in [0.2, 0.25) is 0 Å². The van der Waals surface area contributed by atoms with Gasteiger partial charge in [0.05, 0.1) is 25.7 Å². The highest BCUT2D eigenvalue weighted by atomic mass is 16.6. The second-order valence-electron chi connectivity index (χ2n) is 7.29. The fourth-order valence-electron chi connectivity index (χ4n) is 2.52. The van der Waals surface area contributed by atoms with Gasteiger partial charge >= 0.3 is 23.9 Å². The van der Waals surface area contributed by atoms with Gasteiger partial charge in [-0.1, -0.05) is 25.3 Å². The Morgan fingerprint density at radius 3 is 2.00 bits per heavy atom. The molecule has 0 aliphatic carbocycles. The summed E-state index contributed by atoms with van der Waals surface area (Å²) in [6.45, 7) is 6.50. The Kier molecular flexibility index (Phi) is 11.3. The zero-order valence-electron chi connectivity index (χ0n) is 20.1. The van der Waals surface area contributed by atoms with Crippen LogP contribution < -0.4 is 14.2 Å². The largest absolute Gasteiger partial charge is 0.490 e. The summed E-state index contributed by atoms with van der Waals surface area (Å²) in [6, 6.07) is 12.5. The highest BCUT2D eigenvalue weighted by Crippen LogP contribution is 2.19. The summed E-state index contributed by atoms with van der Waals surface area (Å²) in [7, 11) is 1.20. The van der Waals surface area contributed by atoms with Crippen LogP contribution >= 0.6 is 0 Å². The molecule has 0 bridgehead atoms. The van der Waals surface area contributed by atoms with E-state index < -0.39 is 30.5 Å². The second-order valence-corrected chi connectivity index (χ2v) is 7.29. The van der Waals surface area contributed by atoms with Crippen molar-refractivity contribution in [3.63, 3.8) is 0 Å². The SMILES string of the molecule is C=C(CO)C(=O)OCCOc1ccc(/C=C/C(=O)Oc2ccc(OC(=O)C(=C)CC(=O)OC)cc2)cc1. The molecule has 10 heteroatoms. The molecule has 0 aliphatic heterocycles. The van der Waals surface area contributed by atoms with Crippen molar-refractivity contribution in [1.82, 2.24) is 0 Å². The van der Waals surface area contributed by atoms with Crippen LogP contribution in [-0.4, -0.2) is 55.9 Å². The average Bonchev–Trinajstić information content (AvgIpc) is 2.90. The number of aliphatic hydroxyl groups excluding tert-OH is 1. The van der Waals surface area contributed by atoms with Crippen molar-refractivity contribution in [3.05, 3.63) is 84.5 Å². The molecule has 2 aromatic rings. The number of rotatable bonds is 13. The van der Waals surface area contributed by atoms with E-state index in [1.54, 1.807) is 30.3 Å². The molecule has 0 saturated carbocycles. The lowest BCUT2D eigenvalue weighted by atomic mass is 10.2. The van der Waals surface area contributed by atoms with Crippen LogP contribution in [0.2, 0.25) is 0 Å². The van der Waals surface area contributed by atoms with Crippen LogP contribution in [-0.2, 0) is 28.7 Å². The summed E-state index contributed by atoms with van der Waals surface area (Å²) in [5.74, 6) is -1.74. The first-order valence-corrected chi connectivity index (χ1v) is 10.9. The maximum atomic E-state index is 12.1. The number of aliphatic hydroxyl groups is 1. The number of hydrogen-bond donors (Lipinski definition) is 1. The molecule has 0 amide bonds. The molecule has 0 saturated heterocycles. The molecular formula is C27H26O10. The van der Waals surface area contributed by atoms with Gasteiger partial charge in [-0.15, -0.1) is 0 Å². The second kappa shape index (κ2) is 14.6. The van der Waals surface area contributed by atoms with E-state index in [0.717, 1.165) is 0 Å². The van der Waals surface area contributed by atoms with Crippen molar-refractivity contribution in [2.24, 2.45) is 0 Å². The van der Waals surface area contributed by atoms with Gasteiger partial charge in [-0.25, -0.2) is 14.4 Å². The molecule has 0 fully saturated rings. The predicted octanol–water partition coefficient (Wildman–Crippen LogP) is 2.80. The minimum absolute atomic E-state index is 0.000547. The lowest BCUT2D eigenvalue weighted by molar-refractivity contribution is -0.141. The summed E-state index contributed by atoms with van der Waals surface area (Å²) in [5, 5.41) is 8.80. The maximum absolute atomic E-state index is 12.1. The Hall–Kier alpha value is -4.70. The quantitative estimate of drug-likeness (QED) is 0.185. The van der Waals surface area contributed by atoms with Gasteiger partial charge in [0.15, 0.2) is 0 Å². The van der Waals surface area contributed by atoms with E-state index in [2.05, 4.69) is 17.9 Å². The van der Waals surface area contributed by atoms with Crippen LogP contribution in [0.5, 0.6) is 17.2 Å². The van der Waals surface area contributed by atoms with Gasteiger partial charge in [-0.3, -0.25) is 4.79 Å². The zero-order chi connectivity index (χ0) is 27.2. The third-order valence-electron chi connectivity index (χ3n) is 4.48. The number of methoxy groups -OCH3 is 1. The zero-order valence-corrected chi connectivity index (χ0v) is 20.1. The third kappa shape index (κ3) is 10.2. The van der Waals surface area contributed by atoms with Crippen LogP contribution in [0.4, 0.5) is 0 Å². The summed E-state index contributed by atoms with van der Waals surface area (Å²) >= 11 is 0. The van der Waals surface area contributed by atoms with Crippen molar-refractivity contribution in [3.8, 4) is 17.2 Å². The van der Waals surface area contributed by atoms with Crippen LogP contribution in [0.1, 0.15) is 12.0 Å². The highest BCUT2D eigenvalue weighted by Gasteiger charge is 2.14. The van der Waals surface area contributed by atoms with E-state index in [9.17, 15) is 19.2 Å². The van der Waals surface area contributed by atoms with Crippen molar-refractivity contribution in [2.75, 3.05) is 26.9 Å². The fraction of sp³-hybridized carbons (Fsp3) is 0.185. The highest BCUT2D eigenvalue weighted by molar-refractivity contribution is 5.94. The summed E-state index contributed by atoms with van der Waals surface area (Å²) in [5.41, 5.74) is 0.621. The number of benzene rings is 2. The third-order valence-corrected chi connectivity index (χ3v) is 4.48. The molecule has 0 unspecified atom stereocenters.